The van der Waals surface area contributed by atoms with E-state index in [1.807, 2.05) is 0 Å². The number of aromatic amines is 1. The zero-order valence-corrected chi connectivity index (χ0v) is 9.21. The molecule has 0 saturated carbocycles. The summed E-state index contributed by atoms with van der Waals surface area (Å²) in [4.78, 5) is 11.4. The zero-order valence-electron chi connectivity index (χ0n) is 9.21. The van der Waals surface area contributed by atoms with Gasteiger partial charge in [0.25, 0.3) is 0 Å². The largest absolute Gasteiger partial charge is 0.351 e. The van der Waals surface area contributed by atoms with Gasteiger partial charge < -0.3 is 10.6 Å². The first-order valence-electron chi connectivity index (χ1n) is 5.20. The molecule has 0 spiro atoms. The highest BCUT2D eigenvalue weighted by atomic mass is 16.1. The SMILES string of the molecule is CCC(C)NCC(=O)NCc1cn[nH]c1. The molecule has 1 aromatic heterocycles. The van der Waals surface area contributed by atoms with Gasteiger partial charge in [0, 0.05) is 24.3 Å². The summed E-state index contributed by atoms with van der Waals surface area (Å²) in [6, 6.07) is 0.379. The number of nitrogens with one attached hydrogen (secondary N) is 3. The molecular formula is C10H18N4O. The quantitative estimate of drug-likeness (QED) is 0.637. The Morgan fingerprint density at radius 3 is 3.07 bits per heavy atom. The van der Waals surface area contributed by atoms with Gasteiger partial charge in [0.1, 0.15) is 0 Å². The van der Waals surface area contributed by atoms with Crippen LogP contribution in [0.25, 0.3) is 0 Å². The standard InChI is InChI=1S/C10H18N4O/c1-3-8(2)11-7-10(15)12-4-9-5-13-14-6-9/h5-6,8,11H,3-4,7H2,1-2H3,(H,12,15)(H,13,14). The van der Waals surface area contributed by atoms with Crippen molar-refractivity contribution < 1.29 is 4.79 Å². The molecule has 1 rings (SSSR count). The molecule has 5 nitrogen and oxygen atoms in total. The maximum atomic E-state index is 11.4. The highest BCUT2D eigenvalue weighted by Gasteiger charge is 2.03. The van der Waals surface area contributed by atoms with E-state index in [4.69, 9.17) is 0 Å². The fourth-order valence-corrected chi connectivity index (χ4v) is 1.05. The summed E-state index contributed by atoms with van der Waals surface area (Å²) in [6.07, 6.45) is 4.49. The van der Waals surface area contributed by atoms with Gasteiger partial charge >= 0.3 is 0 Å². The molecule has 1 amide bonds. The van der Waals surface area contributed by atoms with E-state index in [2.05, 4.69) is 34.7 Å². The molecule has 5 heteroatoms. The van der Waals surface area contributed by atoms with Gasteiger partial charge in [-0.2, -0.15) is 5.10 Å². The first-order valence-corrected chi connectivity index (χ1v) is 5.20. The summed E-state index contributed by atoms with van der Waals surface area (Å²) in [5.41, 5.74) is 0.979. The van der Waals surface area contributed by atoms with E-state index in [0.29, 0.717) is 19.1 Å². The predicted molar refractivity (Wildman–Crippen MR) is 58.2 cm³/mol. The molecule has 84 valence electrons. The van der Waals surface area contributed by atoms with E-state index in [1.165, 1.54) is 0 Å². The number of amides is 1. The maximum Gasteiger partial charge on any atom is 0.234 e. The van der Waals surface area contributed by atoms with Crippen LogP contribution in [0.3, 0.4) is 0 Å². The van der Waals surface area contributed by atoms with Crippen molar-refractivity contribution in [2.75, 3.05) is 6.54 Å². The number of hydrogen-bond donors (Lipinski definition) is 3. The highest BCUT2D eigenvalue weighted by molar-refractivity contribution is 5.77. The lowest BCUT2D eigenvalue weighted by Crippen LogP contribution is -2.37. The van der Waals surface area contributed by atoms with E-state index in [9.17, 15) is 4.79 Å². The van der Waals surface area contributed by atoms with Gasteiger partial charge in [0.15, 0.2) is 0 Å². The van der Waals surface area contributed by atoms with E-state index < -0.39 is 0 Å². The van der Waals surface area contributed by atoms with Crippen LogP contribution < -0.4 is 10.6 Å². The van der Waals surface area contributed by atoms with Gasteiger partial charge in [-0.25, -0.2) is 0 Å². The molecule has 1 unspecified atom stereocenters. The minimum Gasteiger partial charge on any atom is -0.351 e. The van der Waals surface area contributed by atoms with Crippen molar-refractivity contribution in [1.29, 1.82) is 0 Å². The normalized spacial score (nSPS) is 12.4. The average molecular weight is 210 g/mol. The summed E-state index contributed by atoms with van der Waals surface area (Å²) in [5.74, 6) is 0.0106. The number of rotatable bonds is 6. The topological polar surface area (TPSA) is 69.8 Å². The monoisotopic (exact) mass is 210 g/mol. The van der Waals surface area contributed by atoms with Gasteiger partial charge in [-0.1, -0.05) is 6.92 Å². The third kappa shape index (κ3) is 4.60. The van der Waals surface area contributed by atoms with Crippen molar-refractivity contribution in [3.8, 4) is 0 Å². The van der Waals surface area contributed by atoms with Gasteiger partial charge in [-0.3, -0.25) is 9.89 Å². The zero-order chi connectivity index (χ0) is 11.1. The Morgan fingerprint density at radius 2 is 2.47 bits per heavy atom. The molecule has 0 radical (unpaired) electrons. The molecule has 0 bridgehead atoms. The van der Waals surface area contributed by atoms with Crippen LogP contribution in [0.15, 0.2) is 12.4 Å². The molecule has 1 atom stereocenters. The van der Waals surface area contributed by atoms with Crippen molar-refractivity contribution >= 4 is 5.91 Å². The fourth-order valence-electron chi connectivity index (χ4n) is 1.05. The van der Waals surface area contributed by atoms with Crippen LogP contribution in [0.2, 0.25) is 0 Å². The van der Waals surface area contributed by atoms with Crippen LogP contribution in [-0.2, 0) is 11.3 Å². The molecule has 0 aromatic carbocycles. The van der Waals surface area contributed by atoms with Crippen LogP contribution >= 0.6 is 0 Å². The average Bonchev–Trinajstić information content (AvgIpc) is 2.75. The van der Waals surface area contributed by atoms with Crippen LogP contribution in [0.5, 0.6) is 0 Å². The Morgan fingerprint density at radius 1 is 1.67 bits per heavy atom. The van der Waals surface area contributed by atoms with E-state index in [1.54, 1.807) is 12.4 Å². The second kappa shape index (κ2) is 6.19. The minimum atomic E-state index is 0.0106. The molecule has 1 aromatic rings. The summed E-state index contributed by atoms with van der Waals surface area (Å²) in [7, 11) is 0. The molecule has 15 heavy (non-hydrogen) atoms. The van der Waals surface area contributed by atoms with Crippen molar-refractivity contribution in [2.24, 2.45) is 0 Å². The van der Waals surface area contributed by atoms with E-state index >= 15 is 0 Å². The smallest absolute Gasteiger partial charge is 0.234 e. The number of nitrogens with zero attached hydrogens (tertiary/aromatic N) is 1. The van der Waals surface area contributed by atoms with Gasteiger partial charge in [-0.05, 0) is 13.3 Å². The lowest BCUT2D eigenvalue weighted by molar-refractivity contribution is -0.120. The summed E-state index contributed by atoms with van der Waals surface area (Å²) < 4.78 is 0. The van der Waals surface area contributed by atoms with Crippen LogP contribution in [0.4, 0.5) is 0 Å². The van der Waals surface area contributed by atoms with Gasteiger partial charge in [0.05, 0.1) is 12.7 Å². The molecule has 0 fully saturated rings. The molecule has 0 aliphatic carbocycles. The van der Waals surface area contributed by atoms with Gasteiger partial charge in [-0.15, -0.1) is 0 Å². The Hall–Kier alpha value is -1.36. The number of carbonyl (C=O) groups excluding carboxylic acids is 1. The lowest BCUT2D eigenvalue weighted by atomic mass is 10.2. The first-order chi connectivity index (χ1) is 7.22. The third-order valence-electron chi connectivity index (χ3n) is 2.27. The van der Waals surface area contributed by atoms with Gasteiger partial charge in [0.2, 0.25) is 5.91 Å². The second-order valence-corrected chi connectivity index (χ2v) is 3.57. The number of aromatic nitrogens is 2. The van der Waals surface area contributed by atoms with Crippen molar-refractivity contribution in [1.82, 2.24) is 20.8 Å². The van der Waals surface area contributed by atoms with Crippen molar-refractivity contribution in [3.63, 3.8) is 0 Å². The molecule has 0 saturated heterocycles. The number of H-pyrrole nitrogens is 1. The molecule has 0 aliphatic rings. The van der Waals surface area contributed by atoms with Crippen molar-refractivity contribution in [3.05, 3.63) is 18.0 Å². The summed E-state index contributed by atoms with van der Waals surface area (Å²) >= 11 is 0. The number of hydrogen-bond acceptors (Lipinski definition) is 3. The Kier molecular flexibility index (Phi) is 4.83. The Labute approximate surface area is 89.6 Å². The molecule has 3 N–H and O–H groups in total. The first kappa shape index (κ1) is 11.7. The van der Waals surface area contributed by atoms with Crippen LogP contribution in [0.1, 0.15) is 25.8 Å². The lowest BCUT2D eigenvalue weighted by Gasteiger charge is -2.10. The minimum absolute atomic E-state index is 0.0106. The van der Waals surface area contributed by atoms with E-state index in [0.717, 1.165) is 12.0 Å². The highest BCUT2D eigenvalue weighted by Crippen LogP contribution is 1.91. The predicted octanol–water partition coefficient (Wildman–Crippen LogP) is 0.414. The molecular weight excluding hydrogens is 192 g/mol. The number of carbonyl (C=O) groups is 1. The van der Waals surface area contributed by atoms with Crippen molar-refractivity contribution in [2.45, 2.75) is 32.9 Å². The van der Waals surface area contributed by atoms with Crippen LogP contribution in [-0.4, -0.2) is 28.7 Å². The molecule has 0 aliphatic heterocycles. The Bertz CT molecular complexity index is 284. The fraction of sp³-hybridized carbons (Fsp3) is 0.600. The van der Waals surface area contributed by atoms with E-state index in [-0.39, 0.29) is 5.91 Å². The third-order valence-corrected chi connectivity index (χ3v) is 2.27. The van der Waals surface area contributed by atoms with Crippen LogP contribution in [0, 0.1) is 0 Å². The second-order valence-electron chi connectivity index (χ2n) is 3.57. The molecule has 1 heterocycles. The summed E-state index contributed by atoms with van der Waals surface area (Å²) in [5, 5.41) is 12.4. The summed E-state index contributed by atoms with van der Waals surface area (Å²) in [6.45, 7) is 5.04. The maximum absolute atomic E-state index is 11.4. The Balaban J connectivity index is 2.14.